The predicted octanol–water partition coefficient (Wildman–Crippen LogP) is 5.39. The van der Waals surface area contributed by atoms with E-state index in [0.29, 0.717) is 34.9 Å². The Hall–Kier alpha value is -2.23. The van der Waals surface area contributed by atoms with E-state index in [-0.39, 0.29) is 33.3 Å². The molecule has 8 nitrogen and oxygen atoms in total. The molecule has 0 amide bonds. The third-order valence-corrected chi connectivity index (χ3v) is 8.67. The van der Waals surface area contributed by atoms with Gasteiger partial charge in [-0.2, -0.15) is 21.6 Å². The van der Waals surface area contributed by atoms with E-state index in [4.69, 9.17) is 16.7 Å². The number of rotatable bonds is 9. The molecule has 4 rings (SSSR count). The highest BCUT2D eigenvalue weighted by atomic mass is 35.5. The first-order valence-electron chi connectivity index (χ1n) is 10.8. The highest BCUT2D eigenvalue weighted by Crippen LogP contribution is 2.41. The summed E-state index contributed by atoms with van der Waals surface area (Å²) < 4.78 is 66.1. The Bertz CT molecular complexity index is 1400. The minimum absolute atomic E-state index is 0.0212. The number of carbonyl (C=O) groups is 1. The number of halogens is 4. The first kappa shape index (κ1) is 27.8. The van der Waals surface area contributed by atoms with Gasteiger partial charge in [0.25, 0.3) is 0 Å². The van der Waals surface area contributed by atoms with Crippen LogP contribution in [0.25, 0.3) is 0 Å². The summed E-state index contributed by atoms with van der Waals surface area (Å²) in [4.78, 5) is 22.5. The second kappa shape index (κ2) is 11.3. The van der Waals surface area contributed by atoms with Gasteiger partial charge in [-0.05, 0) is 49.4 Å². The number of nitrogens with one attached hydrogen (secondary N) is 1. The third kappa shape index (κ3) is 7.42. The Kier molecular flexibility index (Phi) is 8.45. The summed E-state index contributed by atoms with van der Waals surface area (Å²) in [5.74, 6) is -0.101. The van der Waals surface area contributed by atoms with E-state index >= 15 is 0 Å². The van der Waals surface area contributed by atoms with Gasteiger partial charge in [-0.1, -0.05) is 29.4 Å². The molecule has 3 aromatic rings. The molecule has 198 valence electrons. The molecule has 1 fully saturated rings. The highest BCUT2D eigenvalue weighted by Gasteiger charge is 2.31. The van der Waals surface area contributed by atoms with Gasteiger partial charge < -0.3 is 5.32 Å². The van der Waals surface area contributed by atoms with Crippen LogP contribution in [-0.4, -0.2) is 36.8 Å². The van der Waals surface area contributed by atoms with Crippen molar-refractivity contribution in [1.29, 1.82) is 0 Å². The quantitative estimate of drug-likeness (QED) is 0.317. The zero-order valence-corrected chi connectivity index (χ0v) is 22.1. The lowest BCUT2D eigenvalue weighted by molar-refractivity contribution is -0.137. The van der Waals surface area contributed by atoms with Crippen LogP contribution < -0.4 is 10.5 Å². The first-order valence-corrected chi connectivity index (χ1v) is 14.3. The molecule has 0 bridgehead atoms. The minimum atomic E-state index is -4.47. The third-order valence-electron chi connectivity index (χ3n) is 5.58. The fourth-order valence-corrected chi connectivity index (χ4v) is 6.58. The van der Waals surface area contributed by atoms with Crippen LogP contribution in [0.5, 0.6) is 0 Å². The molecule has 1 aliphatic carbocycles. The van der Waals surface area contributed by atoms with Gasteiger partial charge in [0, 0.05) is 22.0 Å². The molecule has 1 aromatic carbocycles. The van der Waals surface area contributed by atoms with Crippen LogP contribution >= 0.6 is 34.7 Å². The van der Waals surface area contributed by atoms with E-state index in [0.717, 1.165) is 35.2 Å². The van der Waals surface area contributed by atoms with E-state index in [1.54, 1.807) is 0 Å². The number of thiophene rings is 1. The Morgan fingerprint density at radius 3 is 2.81 bits per heavy atom. The standard InChI is InChI=1S/C22H20ClF3N4O4S3/c23-20-18(35-15-3-1-2-13(7-15)22(24,25)26)8-17(36-20)19(31)16-9-28-11-29-21(16)30-14-5-4-12(6-14)10-34-37(27,32)33/h1-3,7-9,11-12,14H,4-6,10H2,(H2,27,32,33)(H,28,29,30)/t12-,14+/m1/s1. The number of ketones is 1. The molecule has 1 saturated carbocycles. The Balaban J connectivity index is 1.47. The largest absolute Gasteiger partial charge is 0.416 e. The molecular formula is C22H20ClF3N4O4S3. The normalized spacial score (nSPS) is 18.2. The maximum absolute atomic E-state index is 13.3. The summed E-state index contributed by atoms with van der Waals surface area (Å²) in [6.07, 6.45) is 0.210. The van der Waals surface area contributed by atoms with Gasteiger partial charge in [-0.15, -0.1) is 11.3 Å². The van der Waals surface area contributed by atoms with Crippen molar-refractivity contribution in [1.82, 2.24) is 9.97 Å². The molecule has 0 unspecified atom stereocenters. The van der Waals surface area contributed by atoms with Gasteiger partial charge in [-0.3, -0.25) is 8.98 Å². The SMILES string of the molecule is NS(=O)(=O)OC[C@@H]1CC[C@H](Nc2ncncc2C(=O)c2cc(Sc3cccc(C(F)(F)F)c3)c(Cl)s2)C1. The number of hydrogen-bond acceptors (Lipinski definition) is 9. The summed E-state index contributed by atoms with van der Waals surface area (Å²) in [5, 5.41) is 8.10. The zero-order chi connectivity index (χ0) is 26.8. The predicted molar refractivity (Wildman–Crippen MR) is 134 cm³/mol. The lowest BCUT2D eigenvalue weighted by Crippen LogP contribution is -2.22. The van der Waals surface area contributed by atoms with Crippen molar-refractivity contribution in [2.45, 2.75) is 41.3 Å². The van der Waals surface area contributed by atoms with Crippen LogP contribution in [-0.2, 0) is 20.7 Å². The van der Waals surface area contributed by atoms with E-state index in [1.165, 1.54) is 30.7 Å². The Morgan fingerprint density at radius 2 is 2.08 bits per heavy atom. The van der Waals surface area contributed by atoms with Crippen molar-refractivity contribution in [2.24, 2.45) is 11.1 Å². The fourth-order valence-electron chi connectivity index (χ4n) is 3.88. The fraction of sp³-hybridized carbons (Fsp3) is 0.318. The van der Waals surface area contributed by atoms with Crippen molar-refractivity contribution in [3.05, 3.63) is 63.2 Å². The average molecular weight is 593 g/mol. The van der Waals surface area contributed by atoms with Crippen molar-refractivity contribution >= 4 is 56.6 Å². The topological polar surface area (TPSA) is 124 Å². The average Bonchev–Trinajstić information content (AvgIpc) is 3.43. The van der Waals surface area contributed by atoms with Gasteiger partial charge in [0.15, 0.2) is 0 Å². The number of nitrogens with zero attached hydrogens (tertiary/aromatic N) is 2. The van der Waals surface area contributed by atoms with Crippen LogP contribution in [0.3, 0.4) is 0 Å². The minimum Gasteiger partial charge on any atom is -0.367 e. The summed E-state index contributed by atoms with van der Waals surface area (Å²) in [7, 11) is -4.01. The molecule has 0 aliphatic heterocycles. The highest BCUT2D eigenvalue weighted by molar-refractivity contribution is 7.99. The molecule has 0 radical (unpaired) electrons. The number of carbonyl (C=O) groups excluding carboxylic acids is 1. The number of anilines is 1. The molecule has 15 heteroatoms. The summed E-state index contributed by atoms with van der Waals surface area (Å²) in [5.41, 5.74) is -0.567. The van der Waals surface area contributed by atoms with Crippen molar-refractivity contribution in [2.75, 3.05) is 11.9 Å². The van der Waals surface area contributed by atoms with Gasteiger partial charge in [0.2, 0.25) is 5.78 Å². The molecule has 3 N–H and O–H groups in total. The monoisotopic (exact) mass is 592 g/mol. The van der Waals surface area contributed by atoms with Crippen LogP contribution in [0, 0.1) is 5.92 Å². The second-order valence-corrected chi connectivity index (χ2v) is 12.3. The van der Waals surface area contributed by atoms with Crippen molar-refractivity contribution in [3.63, 3.8) is 0 Å². The molecule has 0 spiro atoms. The molecule has 1 aliphatic rings. The maximum Gasteiger partial charge on any atom is 0.416 e. The van der Waals surface area contributed by atoms with E-state index < -0.39 is 27.8 Å². The van der Waals surface area contributed by atoms with Crippen molar-refractivity contribution < 1.29 is 30.6 Å². The molecule has 2 aromatic heterocycles. The van der Waals surface area contributed by atoms with Gasteiger partial charge in [0.05, 0.1) is 22.6 Å². The molecule has 2 heterocycles. The number of nitrogens with two attached hydrogens (primary N) is 1. The Morgan fingerprint density at radius 1 is 1.30 bits per heavy atom. The summed E-state index contributed by atoms with van der Waals surface area (Å²) >= 11 is 8.37. The van der Waals surface area contributed by atoms with Crippen LogP contribution in [0.2, 0.25) is 4.34 Å². The molecule has 2 atom stereocenters. The van der Waals surface area contributed by atoms with E-state index in [9.17, 15) is 26.4 Å². The van der Waals surface area contributed by atoms with Gasteiger partial charge >= 0.3 is 16.5 Å². The Labute approximate surface area is 224 Å². The number of hydrogen-bond donors (Lipinski definition) is 2. The van der Waals surface area contributed by atoms with Gasteiger partial charge in [-0.25, -0.2) is 15.1 Å². The molecule has 0 saturated heterocycles. The lowest BCUT2D eigenvalue weighted by Gasteiger charge is -2.15. The maximum atomic E-state index is 13.3. The summed E-state index contributed by atoms with van der Waals surface area (Å²) in [6, 6.07) is 6.31. The van der Waals surface area contributed by atoms with E-state index in [1.807, 2.05) is 0 Å². The molecular weight excluding hydrogens is 573 g/mol. The van der Waals surface area contributed by atoms with Crippen molar-refractivity contribution in [3.8, 4) is 0 Å². The molecule has 37 heavy (non-hydrogen) atoms. The lowest BCUT2D eigenvalue weighted by atomic mass is 10.1. The van der Waals surface area contributed by atoms with E-state index in [2.05, 4.69) is 19.5 Å². The van der Waals surface area contributed by atoms with Crippen LogP contribution in [0.1, 0.15) is 40.1 Å². The van der Waals surface area contributed by atoms with Gasteiger partial charge in [0.1, 0.15) is 16.5 Å². The number of aromatic nitrogens is 2. The summed E-state index contributed by atoms with van der Waals surface area (Å²) in [6.45, 7) is -0.0212. The smallest absolute Gasteiger partial charge is 0.367 e. The van der Waals surface area contributed by atoms with Crippen LogP contribution in [0.15, 0.2) is 52.6 Å². The second-order valence-electron chi connectivity index (χ2n) is 8.29. The zero-order valence-electron chi connectivity index (χ0n) is 18.9. The number of alkyl halides is 3. The number of benzene rings is 1. The first-order chi connectivity index (χ1) is 17.4. The van der Waals surface area contributed by atoms with Crippen LogP contribution in [0.4, 0.5) is 19.0 Å².